The number of nitro groups is 1. The maximum atomic E-state index is 12.6. The molecule has 0 aliphatic heterocycles. The van der Waals surface area contributed by atoms with Crippen LogP contribution in [0.25, 0.3) is 11.8 Å². The highest BCUT2D eigenvalue weighted by Crippen LogP contribution is 2.20. The third kappa shape index (κ3) is 4.54. The molecule has 0 aliphatic rings. The fourth-order valence-corrected chi connectivity index (χ4v) is 2.70. The molecule has 3 aromatic rings. The van der Waals surface area contributed by atoms with Crippen molar-refractivity contribution < 1.29 is 9.72 Å². The predicted octanol–water partition coefficient (Wildman–Crippen LogP) is 3.94. The number of nitrogens with zero attached hydrogens (tertiary/aromatic N) is 4. The van der Waals surface area contributed by atoms with Crippen molar-refractivity contribution in [3.05, 3.63) is 87.1 Å². The second kappa shape index (κ2) is 8.19. The molecule has 0 unspecified atom stereocenters. The SMILES string of the molecule is Cc1ccc(-n2nc(C)cc2NC(=O)/C(C#N)=C/c2cccc([N+](=O)[O-])c2)cc1. The van der Waals surface area contributed by atoms with Gasteiger partial charge >= 0.3 is 0 Å². The molecule has 0 atom stereocenters. The third-order valence-corrected chi connectivity index (χ3v) is 4.11. The lowest BCUT2D eigenvalue weighted by Crippen LogP contribution is -2.16. The van der Waals surface area contributed by atoms with Crippen molar-refractivity contribution in [3.8, 4) is 11.8 Å². The highest BCUT2D eigenvalue weighted by molar-refractivity contribution is 6.09. The van der Waals surface area contributed by atoms with Crippen LogP contribution in [0, 0.1) is 35.3 Å². The summed E-state index contributed by atoms with van der Waals surface area (Å²) in [6.45, 7) is 3.77. The van der Waals surface area contributed by atoms with E-state index in [0.717, 1.165) is 11.3 Å². The number of rotatable bonds is 5. The van der Waals surface area contributed by atoms with Crippen molar-refractivity contribution in [1.29, 1.82) is 5.26 Å². The van der Waals surface area contributed by atoms with Gasteiger partial charge in [0, 0.05) is 18.2 Å². The Bertz CT molecular complexity index is 1150. The average Bonchev–Trinajstić information content (AvgIpc) is 3.06. The van der Waals surface area contributed by atoms with E-state index < -0.39 is 10.8 Å². The van der Waals surface area contributed by atoms with E-state index in [9.17, 15) is 20.2 Å². The summed E-state index contributed by atoms with van der Waals surface area (Å²) in [5, 5.41) is 27.4. The molecule has 0 spiro atoms. The number of aromatic nitrogens is 2. The fraction of sp³-hybridized carbons (Fsp3) is 0.0952. The maximum absolute atomic E-state index is 12.6. The van der Waals surface area contributed by atoms with Crippen LogP contribution in [0.4, 0.5) is 11.5 Å². The second-order valence-corrected chi connectivity index (χ2v) is 6.39. The number of nitriles is 1. The molecule has 1 heterocycles. The normalized spacial score (nSPS) is 11.0. The van der Waals surface area contributed by atoms with Crippen molar-refractivity contribution in [2.45, 2.75) is 13.8 Å². The van der Waals surface area contributed by atoms with E-state index in [1.165, 1.54) is 24.3 Å². The maximum Gasteiger partial charge on any atom is 0.270 e. The predicted molar refractivity (Wildman–Crippen MR) is 108 cm³/mol. The Balaban J connectivity index is 1.89. The van der Waals surface area contributed by atoms with Gasteiger partial charge in [-0.05, 0) is 37.6 Å². The third-order valence-electron chi connectivity index (χ3n) is 4.11. The molecular weight excluding hydrogens is 370 g/mol. The van der Waals surface area contributed by atoms with Crippen LogP contribution in [-0.2, 0) is 4.79 Å². The number of nitro benzene ring substituents is 1. The van der Waals surface area contributed by atoms with Crippen LogP contribution in [0.3, 0.4) is 0 Å². The molecule has 1 amide bonds. The summed E-state index contributed by atoms with van der Waals surface area (Å²) in [6, 6.07) is 16.9. The Morgan fingerprint density at radius 3 is 2.59 bits per heavy atom. The molecule has 0 saturated heterocycles. The van der Waals surface area contributed by atoms with Crippen molar-refractivity contribution in [2.75, 3.05) is 5.32 Å². The van der Waals surface area contributed by atoms with Gasteiger partial charge in [-0.3, -0.25) is 14.9 Å². The highest BCUT2D eigenvalue weighted by atomic mass is 16.6. The second-order valence-electron chi connectivity index (χ2n) is 6.39. The van der Waals surface area contributed by atoms with Gasteiger partial charge in [-0.25, -0.2) is 4.68 Å². The molecule has 3 rings (SSSR count). The van der Waals surface area contributed by atoms with Crippen molar-refractivity contribution in [2.24, 2.45) is 0 Å². The van der Waals surface area contributed by atoms with Crippen molar-refractivity contribution >= 4 is 23.5 Å². The number of hydrogen-bond donors (Lipinski definition) is 1. The smallest absolute Gasteiger partial charge is 0.270 e. The minimum absolute atomic E-state index is 0.121. The molecule has 0 fully saturated rings. The number of nitrogens with one attached hydrogen (secondary N) is 1. The zero-order valence-corrected chi connectivity index (χ0v) is 15.8. The molecule has 2 aromatic carbocycles. The van der Waals surface area contributed by atoms with Crippen molar-refractivity contribution in [1.82, 2.24) is 9.78 Å². The topological polar surface area (TPSA) is 114 Å². The van der Waals surface area contributed by atoms with E-state index in [0.29, 0.717) is 17.1 Å². The van der Waals surface area contributed by atoms with E-state index in [-0.39, 0.29) is 11.3 Å². The Morgan fingerprint density at radius 2 is 1.93 bits per heavy atom. The molecule has 8 nitrogen and oxygen atoms in total. The van der Waals surface area contributed by atoms with Gasteiger partial charge in [0.15, 0.2) is 0 Å². The Hall–Kier alpha value is -4.25. The minimum Gasteiger partial charge on any atom is -0.306 e. The molecule has 29 heavy (non-hydrogen) atoms. The van der Waals surface area contributed by atoms with E-state index in [1.807, 2.05) is 37.3 Å². The largest absolute Gasteiger partial charge is 0.306 e. The lowest BCUT2D eigenvalue weighted by atomic mass is 10.1. The quantitative estimate of drug-likeness (QED) is 0.308. The van der Waals surface area contributed by atoms with Gasteiger partial charge in [0.1, 0.15) is 17.5 Å². The summed E-state index contributed by atoms with van der Waals surface area (Å²) in [4.78, 5) is 23.0. The number of hydrogen-bond acceptors (Lipinski definition) is 5. The number of aryl methyl sites for hydroxylation is 2. The standard InChI is InChI=1S/C21H17N5O3/c1-14-6-8-18(9-7-14)25-20(10-15(2)24-25)23-21(27)17(13-22)11-16-4-3-5-19(12-16)26(28)29/h3-12H,1-2H3,(H,23,27)/b17-11+. The highest BCUT2D eigenvalue weighted by Gasteiger charge is 2.15. The average molecular weight is 387 g/mol. The first-order valence-electron chi connectivity index (χ1n) is 8.68. The first-order chi connectivity index (χ1) is 13.9. The van der Waals surface area contributed by atoms with Gasteiger partial charge in [-0.1, -0.05) is 29.8 Å². The number of anilines is 1. The van der Waals surface area contributed by atoms with Gasteiger partial charge in [-0.2, -0.15) is 10.4 Å². The number of non-ortho nitro benzene ring substituents is 1. The van der Waals surface area contributed by atoms with Gasteiger partial charge in [0.05, 0.1) is 16.3 Å². The lowest BCUT2D eigenvalue weighted by molar-refractivity contribution is -0.384. The van der Waals surface area contributed by atoms with Gasteiger partial charge in [0.25, 0.3) is 11.6 Å². The molecule has 1 aromatic heterocycles. The zero-order chi connectivity index (χ0) is 21.0. The number of carbonyl (C=O) groups excluding carboxylic acids is 1. The van der Waals surface area contributed by atoms with Crippen LogP contribution < -0.4 is 5.32 Å². The summed E-state index contributed by atoms with van der Waals surface area (Å²) in [5.41, 5.74) is 2.63. The van der Waals surface area contributed by atoms with Gasteiger partial charge < -0.3 is 5.32 Å². The molecule has 0 saturated carbocycles. The minimum atomic E-state index is -0.632. The number of benzene rings is 2. The van der Waals surface area contributed by atoms with E-state index in [4.69, 9.17) is 0 Å². The molecule has 1 N–H and O–H groups in total. The monoisotopic (exact) mass is 387 g/mol. The summed E-state index contributed by atoms with van der Waals surface area (Å²) < 4.78 is 1.58. The molecular formula is C21H17N5O3. The molecule has 0 bridgehead atoms. The molecule has 8 heteroatoms. The van der Waals surface area contributed by atoms with Crippen LogP contribution in [0.1, 0.15) is 16.8 Å². The van der Waals surface area contributed by atoms with E-state index >= 15 is 0 Å². The lowest BCUT2D eigenvalue weighted by Gasteiger charge is -2.09. The summed E-state index contributed by atoms with van der Waals surface area (Å²) in [5.74, 6) is -0.219. The van der Waals surface area contributed by atoms with Crippen LogP contribution >= 0.6 is 0 Å². The Labute approximate surface area is 166 Å². The van der Waals surface area contributed by atoms with Gasteiger partial charge in [-0.15, -0.1) is 0 Å². The van der Waals surface area contributed by atoms with Gasteiger partial charge in [0.2, 0.25) is 0 Å². The number of amides is 1. The summed E-state index contributed by atoms with van der Waals surface area (Å²) >= 11 is 0. The Kier molecular flexibility index (Phi) is 5.51. The van der Waals surface area contributed by atoms with Crippen molar-refractivity contribution in [3.63, 3.8) is 0 Å². The Morgan fingerprint density at radius 1 is 1.21 bits per heavy atom. The van der Waals surface area contributed by atoms with E-state index in [2.05, 4.69) is 10.4 Å². The first kappa shape index (κ1) is 19.5. The summed E-state index contributed by atoms with van der Waals surface area (Å²) in [7, 11) is 0. The molecule has 0 aliphatic carbocycles. The van der Waals surface area contributed by atoms with Crippen LogP contribution in [0.15, 0.2) is 60.2 Å². The fourth-order valence-electron chi connectivity index (χ4n) is 2.70. The van der Waals surface area contributed by atoms with Crippen LogP contribution in [-0.4, -0.2) is 20.6 Å². The van der Waals surface area contributed by atoms with E-state index in [1.54, 1.807) is 23.7 Å². The molecule has 0 radical (unpaired) electrons. The first-order valence-corrected chi connectivity index (χ1v) is 8.68. The molecule has 144 valence electrons. The number of carbonyl (C=O) groups is 1. The van der Waals surface area contributed by atoms with Crippen LogP contribution in [0.2, 0.25) is 0 Å². The van der Waals surface area contributed by atoms with Crippen LogP contribution in [0.5, 0.6) is 0 Å². The zero-order valence-electron chi connectivity index (χ0n) is 15.8. The summed E-state index contributed by atoms with van der Waals surface area (Å²) in [6.07, 6.45) is 1.31.